The standard InChI is InChI=1S/C10H24N2O2/c1-5-12(4)7-6-8-14-10(9-13)11(2)3/h10,13H,5-9H2,1-4H3. The van der Waals surface area contributed by atoms with Crippen molar-refractivity contribution in [1.82, 2.24) is 9.80 Å². The summed E-state index contributed by atoms with van der Waals surface area (Å²) >= 11 is 0. The van der Waals surface area contributed by atoms with Gasteiger partial charge >= 0.3 is 0 Å². The van der Waals surface area contributed by atoms with Crippen LogP contribution in [0.4, 0.5) is 0 Å². The quantitative estimate of drug-likeness (QED) is 0.453. The molecule has 0 radical (unpaired) electrons. The Morgan fingerprint density at radius 3 is 2.36 bits per heavy atom. The van der Waals surface area contributed by atoms with Crippen LogP contribution in [0.25, 0.3) is 0 Å². The minimum absolute atomic E-state index is 0.0522. The van der Waals surface area contributed by atoms with Gasteiger partial charge in [0.2, 0.25) is 0 Å². The third kappa shape index (κ3) is 6.32. The molecule has 0 heterocycles. The molecule has 0 bridgehead atoms. The summed E-state index contributed by atoms with van der Waals surface area (Å²) in [5, 5.41) is 8.97. The Balaban J connectivity index is 3.42. The van der Waals surface area contributed by atoms with Crippen molar-refractivity contribution in [2.75, 3.05) is 47.4 Å². The monoisotopic (exact) mass is 204 g/mol. The molecule has 0 fully saturated rings. The van der Waals surface area contributed by atoms with E-state index < -0.39 is 0 Å². The lowest BCUT2D eigenvalue weighted by Gasteiger charge is -2.22. The molecular formula is C10H24N2O2. The number of likely N-dealkylation sites (N-methyl/N-ethyl adjacent to an activating group) is 1. The number of rotatable bonds is 8. The van der Waals surface area contributed by atoms with E-state index in [1.165, 1.54) is 0 Å². The Morgan fingerprint density at radius 1 is 1.29 bits per heavy atom. The number of hydrogen-bond donors (Lipinski definition) is 1. The summed E-state index contributed by atoms with van der Waals surface area (Å²) in [4.78, 5) is 4.12. The fourth-order valence-electron chi connectivity index (χ4n) is 1.08. The predicted molar refractivity (Wildman–Crippen MR) is 58.3 cm³/mol. The highest BCUT2D eigenvalue weighted by molar-refractivity contribution is 4.52. The summed E-state index contributed by atoms with van der Waals surface area (Å²) in [7, 11) is 5.90. The number of hydrogen-bond acceptors (Lipinski definition) is 4. The SMILES string of the molecule is CCN(C)CCCOC(CO)N(C)C. The molecule has 0 rings (SSSR count). The van der Waals surface area contributed by atoms with E-state index in [4.69, 9.17) is 9.84 Å². The highest BCUT2D eigenvalue weighted by Crippen LogP contribution is 1.96. The maximum Gasteiger partial charge on any atom is 0.133 e. The Labute approximate surface area is 87.5 Å². The van der Waals surface area contributed by atoms with Crippen LogP contribution >= 0.6 is 0 Å². The van der Waals surface area contributed by atoms with Crippen molar-refractivity contribution in [3.8, 4) is 0 Å². The van der Waals surface area contributed by atoms with E-state index in [-0.39, 0.29) is 12.8 Å². The molecular weight excluding hydrogens is 180 g/mol. The van der Waals surface area contributed by atoms with Crippen LogP contribution in [0.1, 0.15) is 13.3 Å². The fraction of sp³-hybridized carbons (Fsp3) is 1.00. The minimum atomic E-state index is -0.165. The van der Waals surface area contributed by atoms with Gasteiger partial charge in [-0.2, -0.15) is 0 Å². The second-order valence-corrected chi connectivity index (χ2v) is 3.72. The number of aliphatic hydroxyl groups excluding tert-OH is 1. The lowest BCUT2D eigenvalue weighted by atomic mass is 10.4. The minimum Gasteiger partial charge on any atom is -0.392 e. The summed E-state index contributed by atoms with van der Waals surface area (Å²) in [5.74, 6) is 0. The first-order valence-electron chi connectivity index (χ1n) is 5.19. The summed E-state index contributed by atoms with van der Waals surface area (Å²) in [5.41, 5.74) is 0. The first-order chi connectivity index (χ1) is 6.61. The van der Waals surface area contributed by atoms with E-state index in [0.717, 1.165) is 19.5 Å². The van der Waals surface area contributed by atoms with Gasteiger partial charge in [-0.3, -0.25) is 4.90 Å². The van der Waals surface area contributed by atoms with Crippen molar-refractivity contribution in [3.63, 3.8) is 0 Å². The molecule has 0 aliphatic carbocycles. The van der Waals surface area contributed by atoms with Crippen LogP contribution in [0, 0.1) is 0 Å². The van der Waals surface area contributed by atoms with Gasteiger partial charge in [0.15, 0.2) is 0 Å². The zero-order valence-electron chi connectivity index (χ0n) is 9.86. The van der Waals surface area contributed by atoms with Crippen LogP contribution in [0.2, 0.25) is 0 Å². The molecule has 0 saturated carbocycles. The summed E-state index contributed by atoms with van der Waals surface area (Å²) < 4.78 is 5.50. The molecule has 0 aromatic carbocycles. The van der Waals surface area contributed by atoms with Gasteiger partial charge in [-0.25, -0.2) is 0 Å². The van der Waals surface area contributed by atoms with E-state index >= 15 is 0 Å². The Bertz CT molecular complexity index is 131. The Hall–Kier alpha value is -0.160. The first-order valence-corrected chi connectivity index (χ1v) is 5.19. The van der Waals surface area contributed by atoms with Crippen LogP contribution in [-0.2, 0) is 4.74 Å². The summed E-state index contributed by atoms with van der Waals surface area (Å²) in [6.45, 7) is 5.00. The third-order valence-corrected chi connectivity index (χ3v) is 2.27. The largest absolute Gasteiger partial charge is 0.392 e. The van der Waals surface area contributed by atoms with Gasteiger partial charge in [-0.05, 0) is 34.1 Å². The fourth-order valence-corrected chi connectivity index (χ4v) is 1.08. The average Bonchev–Trinajstić information content (AvgIpc) is 2.16. The molecule has 4 heteroatoms. The summed E-state index contributed by atoms with van der Waals surface area (Å²) in [6.07, 6.45) is 0.844. The van der Waals surface area contributed by atoms with Crippen LogP contribution in [0.15, 0.2) is 0 Å². The van der Waals surface area contributed by atoms with Crippen LogP contribution in [0.3, 0.4) is 0 Å². The Kier molecular flexibility index (Phi) is 8.08. The normalized spacial score (nSPS) is 13.9. The average molecular weight is 204 g/mol. The predicted octanol–water partition coefficient (Wildman–Crippen LogP) is 0.225. The van der Waals surface area contributed by atoms with E-state index in [1.54, 1.807) is 0 Å². The molecule has 0 aliphatic rings. The second kappa shape index (κ2) is 8.17. The molecule has 14 heavy (non-hydrogen) atoms. The van der Waals surface area contributed by atoms with Crippen LogP contribution in [0.5, 0.6) is 0 Å². The molecule has 0 amide bonds. The number of aliphatic hydroxyl groups is 1. The molecule has 0 spiro atoms. The Morgan fingerprint density at radius 2 is 1.93 bits per heavy atom. The third-order valence-electron chi connectivity index (χ3n) is 2.27. The lowest BCUT2D eigenvalue weighted by Crippen LogP contribution is -2.34. The zero-order valence-corrected chi connectivity index (χ0v) is 9.86. The van der Waals surface area contributed by atoms with Crippen LogP contribution in [-0.4, -0.2) is 68.6 Å². The molecule has 0 aromatic rings. The zero-order chi connectivity index (χ0) is 11.0. The molecule has 1 N–H and O–H groups in total. The van der Waals surface area contributed by atoms with Crippen molar-refractivity contribution >= 4 is 0 Å². The first kappa shape index (κ1) is 13.8. The molecule has 4 nitrogen and oxygen atoms in total. The van der Waals surface area contributed by atoms with Gasteiger partial charge < -0.3 is 14.7 Å². The molecule has 0 saturated heterocycles. The molecule has 1 atom stereocenters. The smallest absolute Gasteiger partial charge is 0.133 e. The van der Waals surface area contributed by atoms with Gasteiger partial charge in [0.1, 0.15) is 6.23 Å². The van der Waals surface area contributed by atoms with E-state index in [0.29, 0.717) is 6.61 Å². The summed E-state index contributed by atoms with van der Waals surface area (Å²) in [6, 6.07) is 0. The van der Waals surface area contributed by atoms with E-state index in [1.807, 2.05) is 19.0 Å². The van der Waals surface area contributed by atoms with Crippen molar-refractivity contribution in [1.29, 1.82) is 0 Å². The van der Waals surface area contributed by atoms with Gasteiger partial charge in [-0.1, -0.05) is 6.92 Å². The van der Waals surface area contributed by atoms with Crippen molar-refractivity contribution in [2.24, 2.45) is 0 Å². The van der Waals surface area contributed by atoms with Crippen molar-refractivity contribution in [2.45, 2.75) is 19.6 Å². The van der Waals surface area contributed by atoms with E-state index in [9.17, 15) is 0 Å². The lowest BCUT2D eigenvalue weighted by molar-refractivity contribution is -0.0679. The van der Waals surface area contributed by atoms with Gasteiger partial charge in [0, 0.05) is 6.54 Å². The highest BCUT2D eigenvalue weighted by atomic mass is 16.5. The van der Waals surface area contributed by atoms with E-state index in [2.05, 4.69) is 18.9 Å². The maximum atomic E-state index is 8.97. The molecule has 86 valence electrons. The van der Waals surface area contributed by atoms with Gasteiger partial charge in [0.25, 0.3) is 0 Å². The molecule has 0 aromatic heterocycles. The number of nitrogens with zero attached hydrogens (tertiary/aromatic N) is 2. The van der Waals surface area contributed by atoms with Crippen molar-refractivity contribution < 1.29 is 9.84 Å². The molecule has 1 unspecified atom stereocenters. The van der Waals surface area contributed by atoms with Crippen molar-refractivity contribution in [3.05, 3.63) is 0 Å². The highest BCUT2D eigenvalue weighted by Gasteiger charge is 2.09. The van der Waals surface area contributed by atoms with Crippen LogP contribution < -0.4 is 0 Å². The molecule has 0 aliphatic heterocycles. The maximum absolute atomic E-state index is 8.97. The van der Waals surface area contributed by atoms with Gasteiger partial charge in [0.05, 0.1) is 13.2 Å². The number of ether oxygens (including phenoxy) is 1. The second-order valence-electron chi connectivity index (χ2n) is 3.72. The topological polar surface area (TPSA) is 35.9 Å². The van der Waals surface area contributed by atoms with Gasteiger partial charge in [-0.15, -0.1) is 0 Å².